The summed E-state index contributed by atoms with van der Waals surface area (Å²) in [6.45, 7) is 2.17. The molecule has 0 amide bonds. The van der Waals surface area contributed by atoms with Gasteiger partial charge in [0.15, 0.2) is 15.0 Å². The minimum atomic E-state index is -2.80. The van der Waals surface area contributed by atoms with Crippen molar-refractivity contribution in [2.24, 2.45) is 13.0 Å². The van der Waals surface area contributed by atoms with E-state index in [2.05, 4.69) is 17.1 Å². The number of unbranched alkanes of at least 4 members (excludes halogenated alkanes) is 1. The maximum atomic E-state index is 11.4. The molecule has 0 radical (unpaired) electrons. The van der Waals surface area contributed by atoms with Gasteiger partial charge in [-0.3, -0.25) is 0 Å². The Morgan fingerprint density at radius 3 is 2.84 bits per heavy atom. The van der Waals surface area contributed by atoms with Gasteiger partial charge in [0.25, 0.3) is 0 Å². The van der Waals surface area contributed by atoms with E-state index in [-0.39, 0.29) is 5.92 Å². The first-order chi connectivity index (χ1) is 9.02. The van der Waals surface area contributed by atoms with Crippen molar-refractivity contribution in [2.75, 3.05) is 17.3 Å². The summed E-state index contributed by atoms with van der Waals surface area (Å²) >= 11 is 1.72. The molecule has 0 aromatic carbocycles. The Bertz CT molecular complexity index is 525. The van der Waals surface area contributed by atoms with Gasteiger partial charge in [-0.25, -0.2) is 8.42 Å². The minimum Gasteiger partial charge on any atom is -0.309 e. The smallest absolute Gasteiger partial charge is 0.190 e. The molecular formula is C12H21N3O2S2. The molecule has 108 valence electrons. The summed E-state index contributed by atoms with van der Waals surface area (Å²) < 4.78 is 24.9. The highest BCUT2D eigenvalue weighted by Gasteiger charge is 2.29. The van der Waals surface area contributed by atoms with Crippen molar-refractivity contribution >= 4 is 21.6 Å². The Morgan fingerprint density at radius 1 is 1.42 bits per heavy atom. The van der Waals surface area contributed by atoms with Crippen molar-refractivity contribution in [1.29, 1.82) is 0 Å². The summed E-state index contributed by atoms with van der Waals surface area (Å²) in [6.07, 6.45) is 3.83. The van der Waals surface area contributed by atoms with Crippen molar-refractivity contribution in [1.82, 2.24) is 14.8 Å². The molecule has 0 spiro atoms. The van der Waals surface area contributed by atoms with Crippen LogP contribution in [0.4, 0.5) is 0 Å². The lowest BCUT2D eigenvalue weighted by atomic mass is 10.1. The Balaban J connectivity index is 1.94. The lowest BCUT2D eigenvalue weighted by Gasteiger charge is -2.07. The summed E-state index contributed by atoms with van der Waals surface area (Å²) in [7, 11) is -0.836. The SMILES string of the molecule is CCCCSc1nnc(CC2CCS(=O)(=O)C2)n1C. The molecule has 1 unspecified atom stereocenters. The third kappa shape index (κ3) is 3.95. The third-order valence-corrected chi connectivity index (χ3v) is 6.40. The first kappa shape index (κ1) is 14.8. The van der Waals surface area contributed by atoms with E-state index >= 15 is 0 Å². The molecule has 1 aliphatic heterocycles. The van der Waals surface area contributed by atoms with Crippen LogP contribution in [-0.2, 0) is 23.3 Å². The van der Waals surface area contributed by atoms with Gasteiger partial charge in [-0.15, -0.1) is 10.2 Å². The average Bonchev–Trinajstić information content (AvgIpc) is 2.86. The van der Waals surface area contributed by atoms with Gasteiger partial charge in [0.1, 0.15) is 5.82 Å². The van der Waals surface area contributed by atoms with Gasteiger partial charge in [-0.05, 0) is 18.8 Å². The Hall–Kier alpha value is -0.560. The first-order valence-corrected chi connectivity index (χ1v) is 9.54. The molecule has 1 aromatic heterocycles. The number of sulfone groups is 1. The van der Waals surface area contributed by atoms with Gasteiger partial charge in [0.05, 0.1) is 11.5 Å². The minimum absolute atomic E-state index is 0.210. The second kappa shape index (κ2) is 6.26. The van der Waals surface area contributed by atoms with E-state index in [4.69, 9.17) is 0 Å². The van der Waals surface area contributed by atoms with Crippen LogP contribution in [0.3, 0.4) is 0 Å². The van der Waals surface area contributed by atoms with Gasteiger partial charge in [-0.1, -0.05) is 25.1 Å². The zero-order chi connectivity index (χ0) is 13.9. The third-order valence-electron chi connectivity index (χ3n) is 3.45. The van der Waals surface area contributed by atoms with Crippen LogP contribution in [0.1, 0.15) is 32.0 Å². The van der Waals surface area contributed by atoms with Crippen LogP contribution in [0.2, 0.25) is 0 Å². The summed E-state index contributed by atoms with van der Waals surface area (Å²) in [5.74, 6) is 2.80. The van der Waals surface area contributed by atoms with Crippen molar-refractivity contribution in [2.45, 2.75) is 37.8 Å². The van der Waals surface area contributed by atoms with Gasteiger partial charge in [0, 0.05) is 19.2 Å². The molecule has 19 heavy (non-hydrogen) atoms. The van der Waals surface area contributed by atoms with Crippen LogP contribution in [-0.4, -0.2) is 40.4 Å². The van der Waals surface area contributed by atoms with Crippen molar-refractivity contribution in [3.63, 3.8) is 0 Å². The lowest BCUT2D eigenvalue weighted by Crippen LogP contribution is -2.11. The second-order valence-corrected chi connectivity index (χ2v) is 8.42. The highest BCUT2D eigenvalue weighted by molar-refractivity contribution is 7.99. The summed E-state index contributed by atoms with van der Waals surface area (Å²) in [6, 6.07) is 0. The fourth-order valence-electron chi connectivity index (χ4n) is 2.25. The highest BCUT2D eigenvalue weighted by Crippen LogP contribution is 2.24. The number of nitrogens with zero attached hydrogens (tertiary/aromatic N) is 3. The van der Waals surface area contributed by atoms with E-state index in [1.165, 1.54) is 12.8 Å². The van der Waals surface area contributed by atoms with E-state index in [1.807, 2.05) is 11.6 Å². The zero-order valence-electron chi connectivity index (χ0n) is 11.5. The zero-order valence-corrected chi connectivity index (χ0v) is 13.1. The molecule has 1 fully saturated rings. The quantitative estimate of drug-likeness (QED) is 0.591. The van der Waals surface area contributed by atoms with E-state index in [1.54, 1.807) is 11.8 Å². The number of hydrogen-bond acceptors (Lipinski definition) is 5. The van der Waals surface area contributed by atoms with Crippen molar-refractivity contribution in [3.05, 3.63) is 5.82 Å². The molecule has 2 rings (SSSR count). The second-order valence-electron chi connectivity index (χ2n) is 5.13. The molecule has 0 N–H and O–H groups in total. The maximum Gasteiger partial charge on any atom is 0.190 e. The summed E-state index contributed by atoms with van der Waals surface area (Å²) in [5, 5.41) is 9.33. The van der Waals surface area contributed by atoms with Crippen molar-refractivity contribution < 1.29 is 8.42 Å². The first-order valence-electron chi connectivity index (χ1n) is 6.73. The predicted molar refractivity (Wildman–Crippen MR) is 77.1 cm³/mol. The average molecular weight is 303 g/mol. The molecular weight excluding hydrogens is 282 g/mol. The molecule has 0 aliphatic carbocycles. The standard InChI is InChI=1S/C12H21N3O2S2/c1-3-4-6-18-12-14-13-11(15(12)2)8-10-5-7-19(16,17)9-10/h10H,3-9H2,1-2H3. The van der Waals surface area contributed by atoms with E-state index in [0.717, 1.165) is 29.6 Å². The molecule has 7 heteroatoms. The van der Waals surface area contributed by atoms with E-state index in [0.29, 0.717) is 11.5 Å². The lowest BCUT2D eigenvalue weighted by molar-refractivity contribution is 0.552. The van der Waals surface area contributed by atoms with Gasteiger partial charge in [-0.2, -0.15) is 0 Å². The molecule has 1 saturated heterocycles. The van der Waals surface area contributed by atoms with Crippen LogP contribution in [0.25, 0.3) is 0 Å². The number of aromatic nitrogens is 3. The van der Waals surface area contributed by atoms with Gasteiger partial charge in [0.2, 0.25) is 0 Å². The van der Waals surface area contributed by atoms with Crippen LogP contribution in [0.15, 0.2) is 5.16 Å². The predicted octanol–water partition coefficient (Wildman–Crippen LogP) is 1.68. The molecule has 2 heterocycles. The summed E-state index contributed by atoms with van der Waals surface area (Å²) in [4.78, 5) is 0. The number of hydrogen-bond donors (Lipinski definition) is 0. The van der Waals surface area contributed by atoms with Crippen LogP contribution in [0.5, 0.6) is 0 Å². The van der Waals surface area contributed by atoms with Gasteiger partial charge < -0.3 is 4.57 Å². The Kier molecular flexibility index (Phi) is 4.89. The number of rotatable bonds is 6. The fourth-order valence-corrected chi connectivity index (χ4v) is 5.12. The molecule has 5 nitrogen and oxygen atoms in total. The monoisotopic (exact) mass is 303 g/mol. The van der Waals surface area contributed by atoms with Crippen molar-refractivity contribution in [3.8, 4) is 0 Å². The molecule has 1 aliphatic rings. The molecule has 1 aromatic rings. The fraction of sp³-hybridized carbons (Fsp3) is 0.833. The Labute approximate surface area is 119 Å². The van der Waals surface area contributed by atoms with Crippen LogP contribution >= 0.6 is 11.8 Å². The van der Waals surface area contributed by atoms with E-state index in [9.17, 15) is 8.42 Å². The van der Waals surface area contributed by atoms with E-state index < -0.39 is 9.84 Å². The molecule has 1 atom stereocenters. The number of thioether (sulfide) groups is 1. The highest BCUT2D eigenvalue weighted by atomic mass is 32.2. The van der Waals surface area contributed by atoms with Gasteiger partial charge >= 0.3 is 0 Å². The Morgan fingerprint density at radius 2 is 2.21 bits per heavy atom. The normalized spacial score (nSPS) is 21.9. The molecule has 0 saturated carbocycles. The topological polar surface area (TPSA) is 64.8 Å². The van der Waals surface area contributed by atoms with Crippen LogP contribution in [0, 0.1) is 5.92 Å². The largest absolute Gasteiger partial charge is 0.309 e. The summed E-state index contributed by atoms with van der Waals surface area (Å²) in [5.41, 5.74) is 0. The molecule has 0 bridgehead atoms. The maximum absolute atomic E-state index is 11.4. The van der Waals surface area contributed by atoms with Crippen LogP contribution < -0.4 is 0 Å².